The molecule has 1 N–H and O–H groups in total. The van der Waals surface area contributed by atoms with Gasteiger partial charge in [-0.15, -0.1) is 0 Å². The summed E-state index contributed by atoms with van der Waals surface area (Å²) in [5.41, 5.74) is -4.45. The number of hydrogen-bond donors (Lipinski definition) is 1. The number of carbonyl (C=O) groups excluding carboxylic acids is 2. The fraction of sp³-hybridized carbons (Fsp3) is 0.111. The van der Waals surface area contributed by atoms with Gasteiger partial charge in [0.05, 0.1) is 12.0 Å². The number of para-hydroxylation sites is 1. The third-order valence-electron chi connectivity index (χ3n) is 3.73. The van der Waals surface area contributed by atoms with Crippen LogP contribution in [0.1, 0.15) is 15.9 Å². The van der Waals surface area contributed by atoms with E-state index >= 15 is 0 Å². The molecule has 0 atom stereocenters. The SMILES string of the molecule is COC(=O)/C(=C/Nc1ccccc1)C(=O)c1c(F)c(C)c(F)c(F)c1[N+](=O)[O-]. The molecule has 0 saturated heterocycles. The Morgan fingerprint density at radius 1 is 1.11 bits per heavy atom. The van der Waals surface area contributed by atoms with Crippen molar-refractivity contribution >= 4 is 23.1 Å². The summed E-state index contributed by atoms with van der Waals surface area (Å²) in [6, 6.07) is 8.11. The van der Waals surface area contributed by atoms with Gasteiger partial charge in [-0.2, -0.15) is 4.39 Å². The maximum Gasteiger partial charge on any atom is 0.343 e. The van der Waals surface area contributed by atoms with Crippen LogP contribution in [0.3, 0.4) is 0 Å². The van der Waals surface area contributed by atoms with E-state index in [2.05, 4.69) is 10.1 Å². The number of anilines is 1. The van der Waals surface area contributed by atoms with Gasteiger partial charge in [0.25, 0.3) is 0 Å². The van der Waals surface area contributed by atoms with Crippen LogP contribution in [-0.2, 0) is 9.53 Å². The maximum atomic E-state index is 14.5. The summed E-state index contributed by atoms with van der Waals surface area (Å²) in [6.45, 7) is 0.804. The summed E-state index contributed by atoms with van der Waals surface area (Å²) >= 11 is 0. The summed E-state index contributed by atoms with van der Waals surface area (Å²) < 4.78 is 46.6. The van der Waals surface area contributed by atoms with Gasteiger partial charge >= 0.3 is 11.7 Å². The fourth-order valence-electron chi connectivity index (χ4n) is 2.30. The maximum absolute atomic E-state index is 14.5. The van der Waals surface area contributed by atoms with Crippen LogP contribution in [-0.4, -0.2) is 23.8 Å². The van der Waals surface area contributed by atoms with Gasteiger partial charge in [0.1, 0.15) is 17.0 Å². The van der Waals surface area contributed by atoms with Crippen LogP contribution in [0.25, 0.3) is 0 Å². The van der Waals surface area contributed by atoms with Gasteiger partial charge in [0.2, 0.25) is 11.6 Å². The number of hydrogen-bond acceptors (Lipinski definition) is 6. The molecule has 0 aliphatic carbocycles. The number of nitrogens with zero attached hydrogens (tertiary/aromatic N) is 1. The van der Waals surface area contributed by atoms with E-state index in [0.29, 0.717) is 5.69 Å². The molecule has 0 heterocycles. The van der Waals surface area contributed by atoms with E-state index < -0.39 is 56.5 Å². The zero-order valence-electron chi connectivity index (χ0n) is 14.6. The minimum Gasteiger partial charge on any atom is -0.465 e. The number of methoxy groups -OCH3 is 1. The van der Waals surface area contributed by atoms with Crippen LogP contribution in [0, 0.1) is 34.5 Å². The van der Waals surface area contributed by atoms with E-state index in [4.69, 9.17) is 0 Å². The fourth-order valence-corrected chi connectivity index (χ4v) is 2.30. The lowest BCUT2D eigenvalue weighted by atomic mass is 9.98. The second-order valence-electron chi connectivity index (χ2n) is 5.44. The number of Topliss-reactive ketones (excluding diaryl/α,β-unsaturated/α-hetero) is 1. The minimum atomic E-state index is -2.01. The number of benzene rings is 2. The van der Waals surface area contributed by atoms with Crippen molar-refractivity contribution < 1.29 is 32.4 Å². The van der Waals surface area contributed by atoms with Crippen LogP contribution in [0.15, 0.2) is 42.1 Å². The number of esters is 1. The predicted molar refractivity (Wildman–Crippen MR) is 92.2 cm³/mol. The van der Waals surface area contributed by atoms with Crippen molar-refractivity contribution in [2.75, 3.05) is 12.4 Å². The van der Waals surface area contributed by atoms with E-state index in [9.17, 15) is 32.9 Å². The van der Waals surface area contributed by atoms with Crippen molar-refractivity contribution in [3.63, 3.8) is 0 Å². The molecular weight excluding hydrogens is 381 g/mol. The van der Waals surface area contributed by atoms with Crippen molar-refractivity contribution in [3.05, 3.63) is 80.8 Å². The number of nitro benzene ring substituents is 1. The van der Waals surface area contributed by atoms with E-state index in [1.54, 1.807) is 30.3 Å². The van der Waals surface area contributed by atoms with Crippen molar-refractivity contribution in [3.8, 4) is 0 Å². The Morgan fingerprint density at radius 3 is 2.25 bits per heavy atom. The monoisotopic (exact) mass is 394 g/mol. The highest BCUT2D eigenvalue weighted by atomic mass is 19.2. The van der Waals surface area contributed by atoms with E-state index in [1.807, 2.05) is 0 Å². The topological polar surface area (TPSA) is 98.5 Å². The van der Waals surface area contributed by atoms with E-state index in [-0.39, 0.29) is 0 Å². The van der Waals surface area contributed by atoms with Gasteiger partial charge in [-0.25, -0.2) is 13.6 Å². The lowest BCUT2D eigenvalue weighted by molar-refractivity contribution is -0.388. The summed E-state index contributed by atoms with van der Waals surface area (Å²) in [5, 5.41) is 13.7. The molecule has 146 valence electrons. The molecule has 0 spiro atoms. The molecule has 2 rings (SSSR count). The van der Waals surface area contributed by atoms with Gasteiger partial charge in [-0.3, -0.25) is 14.9 Å². The van der Waals surface area contributed by atoms with Gasteiger partial charge in [0.15, 0.2) is 5.82 Å². The van der Waals surface area contributed by atoms with Crippen LogP contribution in [0.4, 0.5) is 24.5 Å². The zero-order valence-corrected chi connectivity index (χ0v) is 14.6. The van der Waals surface area contributed by atoms with Crippen molar-refractivity contribution in [1.29, 1.82) is 0 Å². The highest BCUT2D eigenvalue weighted by Gasteiger charge is 2.37. The molecule has 0 bridgehead atoms. The van der Waals surface area contributed by atoms with Crippen molar-refractivity contribution in [1.82, 2.24) is 0 Å². The summed E-state index contributed by atoms with van der Waals surface area (Å²) in [4.78, 5) is 34.3. The number of halogens is 3. The number of nitrogens with one attached hydrogen (secondary N) is 1. The first kappa shape index (κ1) is 20.6. The number of carbonyl (C=O) groups is 2. The Kier molecular flexibility index (Phi) is 6.14. The average Bonchev–Trinajstić information content (AvgIpc) is 2.69. The largest absolute Gasteiger partial charge is 0.465 e. The van der Waals surface area contributed by atoms with E-state index in [1.165, 1.54) is 0 Å². The second-order valence-corrected chi connectivity index (χ2v) is 5.44. The molecule has 0 saturated carbocycles. The molecule has 0 amide bonds. The molecule has 0 radical (unpaired) electrons. The number of rotatable bonds is 6. The average molecular weight is 394 g/mol. The Hall–Kier alpha value is -3.69. The van der Waals surface area contributed by atoms with Crippen molar-refractivity contribution in [2.24, 2.45) is 0 Å². The summed E-state index contributed by atoms with van der Waals surface area (Å²) in [5.74, 6) is -8.25. The van der Waals surface area contributed by atoms with Crippen LogP contribution in [0.2, 0.25) is 0 Å². The smallest absolute Gasteiger partial charge is 0.343 e. The highest BCUT2D eigenvalue weighted by molar-refractivity contribution is 6.25. The summed E-state index contributed by atoms with van der Waals surface area (Å²) in [7, 11) is 0.924. The Labute approximate surface area is 156 Å². The molecule has 0 aromatic heterocycles. The third-order valence-corrected chi connectivity index (χ3v) is 3.73. The lowest BCUT2D eigenvalue weighted by Crippen LogP contribution is -2.20. The molecule has 0 unspecified atom stereocenters. The molecule has 28 heavy (non-hydrogen) atoms. The lowest BCUT2D eigenvalue weighted by Gasteiger charge is -2.10. The molecule has 0 aliphatic rings. The Bertz CT molecular complexity index is 991. The zero-order chi connectivity index (χ0) is 21.0. The first-order chi connectivity index (χ1) is 13.2. The molecule has 2 aromatic carbocycles. The van der Waals surface area contributed by atoms with Crippen LogP contribution < -0.4 is 5.32 Å². The molecule has 2 aromatic rings. The quantitative estimate of drug-likeness (QED) is 0.117. The molecule has 7 nitrogen and oxygen atoms in total. The molecular formula is C18H13F3N2O5. The van der Waals surface area contributed by atoms with Gasteiger partial charge in [-0.1, -0.05) is 18.2 Å². The third kappa shape index (κ3) is 3.85. The predicted octanol–water partition coefficient (Wildman–Crippen LogP) is 3.67. The standard InChI is InChI=1S/C18H13F3N2O5/c1-9-13(19)12(16(23(26)27)15(21)14(9)20)17(24)11(18(25)28-2)8-22-10-6-4-3-5-7-10/h3-8,22H,1-2H3/b11-8+. The number of ketones is 1. The second kappa shape index (κ2) is 8.33. The van der Waals surface area contributed by atoms with Gasteiger partial charge in [0, 0.05) is 17.5 Å². The van der Waals surface area contributed by atoms with Crippen LogP contribution >= 0.6 is 0 Å². The number of nitro groups is 1. The van der Waals surface area contributed by atoms with E-state index in [0.717, 1.165) is 20.2 Å². The van der Waals surface area contributed by atoms with Crippen LogP contribution in [0.5, 0.6) is 0 Å². The normalized spacial score (nSPS) is 11.1. The van der Waals surface area contributed by atoms with Gasteiger partial charge < -0.3 is 10.1 Å². The number of ether oxygens (including phenoxy) is 1. The minimum absolute atomic E-state index is 0.424. The molecule has 10 heteroatoms. The first-order valence-corrected chi connectivity index (χ1v) is 7.66. The summed E-state index contributed by atoms with van der Waals surface area (Å²) in [6.07, 6.45) is 0.837. The molecule has 0 aliphatic heterocycles. The Balaban J connectivity index is 2.65. The first-order valence-electron chi connectivity index (χ1n) is 7.66. The molecule has 0 fully saturated rings. The van der Waals surface area contributed by atoms with Gasteiger partial charge in [-0.05, 0) is 19.1 Å². The Morgan fingerprint density at radius 2 is 1.71 bits per heavy atom. The highest BCUT2D eigenvalue weighted by Crippen LogP contribution is 2.32. The van der Waals surface area contributed by atoms with Crippen molar-refractivity contribution in [2.45, 2.75) is 6.92 Å².